The van der Waals surface area contributed by atoms with Gasteiger partial charge in [0.15, 0.2) is 0 Å². The summed E-state index contributed by atoms with van der Waals surface area (Å²) in [7, 11) is 4.20. The summed E-state index contributed by atoms with van der Waals surface area (Å²) in [6, 6.07) is 12.1. The third kappa shape index (κ3) is 6.87. The molecule has 2 aliphatic heterocycles. The SMILES string of the molecule is Cc1noc(C)c1-c1ccc(NC2CCN(C)C2)c(N)c1.Cc1noc(C)c1-c1ccc(NC2CCN(C)C2)c([N+](=O)[O-])c1. The Hall–Kier alpha value is -4.42. The van der Waals surface area contributed by atoms with Crippen molar-refractivity contribution in [3.8, 4) is 22.3 Å². The molecule has 4 heterocycles. The standard InChI is InChI=1S/C16H20N4O3.C16H22N4O/c1-10-16(11(2)23-18-10)12-4-5-14(15(8-12)20(21)22)17-13-6-7-19(3)9-13;1-10-16(11(2)21-19-10)12-4-5-15(14(17)8-12)18-13-6-7-20(3)9-13/h4-5,8,13,17H,6-7,9H2,1-3H3;4-5,8,13,18H,6-7,9,17H2,1-3H3. The van der Waals surface area contributed by atoms with Gasteiger partial charge in [0.25, 0.3) is 5.69 Å². The van der Waals surface area contributed by atoms with Gasteiger partial charge in [0, 0.05) is 42.4 Å². The van der Waals surface area contributed by atoms with E-state index in [0.717, 1.165) is 89.8 Å². The summed E-state index contributed by atoms with van der Waals surface area (Å²) >= 11 is 0. The highest BCUT2D eigenvalue weighted by Gasteiger charge is 2.24. The number of nitro groups is 1. The Morgan fingerprint density at radius 1 is 0.818 bits per heavy atom. The van der Waals surface area contributed by atoms with Crippen LogP contribution in [0.2, 0.25) is 0 Å². The number of hydrogen-bond donors (Lipinski definition) is 3. The second kappa shape index (κ2) is 13.1. The van der Waals surface area contributed by atoms with Crippen LogP contribution in [0.15, 0.2) is 45.4 Å². The monoisotopic (exact) mass is 602 g/mol. The van der Waals surface area contributed by atoms with Crippen molar-refractivity contribution in [3.05, 3.63) is 69.4 Å². The lowest BCUT2D eigenvalue weighted by atomic mass is 10.0. The predicted octanol–water partition coefficient (Wildman–Crippen LogP) is 5.64. The van der Waals surface area contributed by atoms with E-state index in [1.54, 1.807) is 12.1 Å². The molecule has 0 saturated carbocycles. The van der Waals surface area contributed by atoms with Crippen molar-refractivity contribution in [2.75, 3.05) is 56.6 Å². The highest BCUT2D eigenvalue weighted by Crippen LogP contribution is 2.35. The van der Waals surface area contributed by atoms with E-state index in [2.05, 4.69) is 57.0 Å². The number of nitrogens with zero attached hydrogens (tertiary/aromatic N) is 5. The van der Waals surface area contributed by atoms with Crippen molar-refractivity contribution < 1.29 is 14.0 Å². The fourth-order valence-corrected chi connectivity index (χ4v) is 6.15. The maximum absolute atomic E-state index is 11.5. The summed E-state index contributed by atoms with van der Waals surface area (Å²) in [5.41, 5.74) is 13.9. The first kappa shape index (κ1) is 31.0. The van der Waals surface area contributed by atoms with Crippen molar-refractivity contribution >= 4 is 22.7 Å². The lowest BCUT2D eigenvalue weighted by molar-refractivity contribution is -0.383. The number of likely N-dealkylation sites (tertiary alicyclic amines) is 2. The fourth-order valence-electron chi connectivity index (χ4n) is 6.15. The van der Waals surface area contributed by atoms with E-state index in [1.165, 1.54) is 0 Å². The van der Waals surface area contributed by atoms with E-state index in [1.807, 2.05) is 39.8 Å². The first-order chi connectivity index (χ1) is 21.0. The Balaban J connectivity index is 0.000000175. The Morgan fingerprint density at radius 2 is 1.30 bits per heavy atom. The molecule has 2 unspecified atom stereocenters. The van der Waals surface area contributed by atoms with Crippen LogP contribution in [0, 0.1) is 37.8 Å². The number of likely N-dealkylation sites (N-methyl/N-ethyl adjacent to an activating group) is 2. The molecule has 6 rings (SSSR count). The van der Waals surface area contributed by atoms with Crippen LogP contribution in [0.3, 0.4) is 0 Å². The van der Waals surface area contributed by atoms with Gasteiger partial charge in [-0.2, -0.15) is 0 Å². The topological polar surface area (TPSA) is 152 Å². The van der Waals surface area contributed by atoms with Crippen molar-refractivity contribution in [3.63, 3.8) is 0 Å². The molecule has 0 radical (unpaired) electrons. The van der Waals surface area contributed by atoms with Crippen molar-refractivity contribution in [2.24, 2.45) is 0 Å². The molecular formula is C32H42N8O4. The average molecular weight is 603 g/mol. The largest absolute Gasteiger partial charge is 0.397 e. The molecule has 234 valence electrons. The molecule has 4 N–H and O–H groups in total. The average Bonchev–Trinajstić information content (AvgIpc) is 3.75. The summed E-state index contributed by atoms with van der Waals surface area (Å²) in [6.45, 7) is 11.6. The zero-order valence-electron chi connectivity index (χ0n) is 26.3. The minimum absolute atomic E-state index is 0.0806. The van der Waals surface area contributed by atoms with Gasteiger partial charge in [-0.1, -0.05) is 22.4 Å². The normalized spacial score (nSPS) is 18.7. The first-order valence-corrected chi connectivity index (χ1v) is 14.9. The van der Waals surface area contributed by atoms with Crippen LogP contribution in [-0.4, -0.2) is 77.4 Å². The highest BCUT2D eigenvalue weighted by molar-refractivity contribution is 5.78. The number of hydrogen-bond acceptors (Lipinski definition) is 11. The van der Waals surface area contributed by atoms with E-state index in [0.29, 0.717) is 17.5 Å². The van der Waals surface area contributed by atoms with Crippen LogP contribution in [0.25, 0.3) is 22.3 Å². The van der Waals surface area contributed by atoms with Gasteiger partial charge in [0.05, 0.1) is 27.7 Å². The summed E-state index contributed by atoms with van der Waals surface area (Å²) in [5.74, 6) is 1.49. The van der Waals surface area contributed by atoms with Gasteiger partial charge in [-0.05, 0) is 97.0 Å². The first-order valence-electron chi connectivity index (χ1n) is 14.9. The smallest absolute Gasteiger partial charge is 0.292 e. The Morgan fingerprint density at radius 3 is 1.70 bits per heavy atom. The lowest BCUT2D eigenvalue weighted by Crippen LogP contribution is -2.23. The van der Waals surface area contributed by atoms with Crippen LogP contribution < -0.4 is 16.4 Å². The zero-order chi connectivity index (χ0) is 31.5. The van der Waals surface area contributed by atoms with Gasteiger partial charge < -0.3 is 35.2 Å². The second-order valence-electron chi connectivity index (χ2n) is 12.0. The number of nitrogens with two attached hydrogens (primary N) is 1. The molecule has 2 aliphatic rings. The van der Waals surface area contributed by atoms with Gasteiger partial charge in [-0.15, -0.1) is 0 Å². The number of nitro benzene ring substituents is 1. The minimum Gasteiger partial charge on any atom is -0.397 e. The van der Waals surface area contributed by atoms with E-state index in [-0.39, 0.29) is 16.7 Å². The molecule has 2 aromatic carbocycles. The van der Waals surface area contributed by atoms with Gasteiger partial charge in [-0.25, -0.2) is 0 Å². The Kier molecular flexibility index (Phi) is 9.21. The molecule has 0 aliphatic carbocycles. The summed E-state index contributed by atoms with van der Waals surface area (Å²) in [5, 5.41) is 26.2. The number of benzene rings is 2. The van der Waals surface area contributed by atoms with E-state index >= 15 is 0 Å². The molecule has 2 saturated heterocycles. The molecule has 4 aromatic rings. The molecule has 0 spiro atoms. The maximum Gasteiger partial charge on any atom is 0.292 e. The Labute approximate surface area is 257 Å². The van der Waals surface area contributed by atoms with E-state index in [9.17, 15) is 10.1 Å². The molecular weight excluding hydrogens is 560 g/mol. The van der Waals surface area contributed by atoms with Crippen LogP contribution >= 0.6 is 0 Å². The predicted molar refractivity (Wildman–Crippen MR) is 173 cm³/mol. The van der Waals surface area contributed by atoms with Gasteiger partial charge in [0.2, 0.25) is 0 Å². The highest BCUT2D eigenvalue weighted by atomic mass is 16.6. The van der Waals surface area contributed by atoms with E-state index < -0.39 is 0 Å². The zero-order valence-corrected chi connectivity index (χ0v) is 26.3. The third-order valence-electron chi connectivity index (χ3n) is 8.39. The van der Waals surface area contributed by atoms with Crippen LogP contribution in [0.5, 0.6) is 0 Å². The molecule has 44 heavy (non-hydrogen) atoms. The third-order valence-corrected chi connectivity index (χ3v) is 8.39. The quantitative estimate of drug-likeness (QED) is 0.137. The fraction of sp³-hybridized carbons (Fsp3) is 0.438. The number of anilines is 3. The summed E-state index contributed by atoms with van der Waals surface area (Å²) in [4.78, 5) is 15.7. The molecule has 0 bridgehead atoms. The molecule has 2 aromatic heterocycles. The van der Waals surface area contributed by atoms with Gasteiger partial charge in [-0.3, -0.25) is 10.1 Å². The van der Waals surface area contributed by atoms with Crippen LogP contribution in [0.4, 0.5) is 22.7 Å². The summed E-state index contributed by atoms with van der Waals surface area (Å²) < 4.78 is 10.4. The van der Waals surface area contributed by atoms with Crippen LogP contribution in [0.1, 0.15) is 35.7 Å². The number of aryl methyl sites for hydroxylation is 4. The van der Waals surface area contributed by atoms with Gasteiger partial charge >= 0.3 is 0 Å². The second-order valence-corrected chi connectivity index (χ2v) is 12.0. The van der Waals surface area contributed by atoms with Crippen molar-refractivity contribution in [1.82, 2.24) is 20.1 Å². The number of nitrogens with one attached hydrogen (secondary N) is 2. The molecule has 2 fully saturated rings. The Bertz CT molecular complexity index is 1590. The molecule has 12 heteroatoms. The van der Waals surface area contributed by atoms with Gasteiger partial charge in [0.1, 0.15) is 17.2 Å². The lowest BCUT2D eigenvalue weighted by Gasteiger charge is -2.16. The summed E-state index contributed by atoms with van der Waals surface area (Å²) in [6.07, 6.45) is 2.14. The maximum atomic E-state index is 11.5. The molecule has 0 amide bonds. The minimum atomic E-state index is -0.345. The van der Waals surface area contributed by atoms with Crippen molar-refractivity contribution in [2.45, 2.75) is 52.6 Å². The van der Waals surface area contributed by atoms with Crippen LogP contribution in [-0.2, 0) is 0 Å². The number of nitrogen functional groups attached to an aromatic ring is 1. The molecule has 2 atom stereocenters. The van der Waals surface area contributed by atoms with E-state index in [4.69, 9.17) is 14.8 Å². The number of aromatic nitrogens is 2. The van der Waals surface area contributed by atoms with Crippen molar-refractivity contribution in [1.29, 1.82) is 0 Å². The molecule has 12 nitrogen and oxygen atoms in total. The number of rotatable bonds is 7.